The third kappa shape index (κ3) is 5.45. The van der Waals surface area contributed by atoms with Crippen molar-refractivity contribution in [3.05, 3.63) is 178 Å². The Hall–Kier alpha value is -5.08. The molecule has 0 fully saturated rings. The molecule has 1 aliphatic rings. The largest absolute Gasteiger partial charge is 0.311 e. The van der Waals surface area contributed by atoms with Gasteiger partial charge in [0.05, 0.1) is 0 Å². The van der Waals surface area contributed by atoms with Crippen LogP contribution >= 0.6 is 0 Å². The van der Waals surface area contributed by atoms with E-state index in [0.29, 0.717) is 0 Å². The van der Waals surface area contributed by atoms with E-state index in [2.05, 4.69) is 170 Å². The number of hydrogen-bond acceptors (Lipinski definition) is 2. The van der Waals surface area contributed by atoms with Crippen LogP contribution in [0.4, 0.5) is 34.1 Å². The number of rotatable bonds is 6. The number of nitrogens with zero attached hydrogens (tertiary/aromatic N) is 2. The molecule has 1 heterocycles. The zero-order chi connectivity index (χ0) is 29.3. The maximum absolute atomic E-state index is 2.41. The number of para-hydroxylation sites is 1. The molecule has 6 aromatic rings. The molecule has 1 aliphatic heterocycles. The molecular weight excluding hydrogens is 520 g/mol. The smallest absolute Gasteiger partial charge is 0.0497 e. The minimum Gasteiger partial charge on any atom is -0.311 e. The van der Waals surface area contributed by atoms with Crippen molar-refractivity contribution in [2.24, 2.45) is 0 Å². The topological polar surface area (TPSA) is 6.48 Å². The maximum atomic E-state index is 2.41. The minimum atomic E-state index is 0.898. The fourth-order valence-electron chi connectivity index (χ4n) is 6.13. The fourth-order valence-corrected chi connectivity index (χ4v) is 6.13. The summed E-state index contributed by atoms with van der Waals surface area (Å²) in [4.78, 5) is 4.75. The highest BCUT2D eigenvalue weighted by atomic mass is 15.2. The van der Waals surface area contributed by atoms with Crippen molar-refractivity contribution in [1.29, 1.82) is 0 Å². The molecular formula is C41H36N2. The van der Waals surface area contributed by atoms with E-state index in [1.54, 1.807) is 0 Å². The van der Waals surface area contributed by atoms with Crippen LogP contribution in [0.3, 0.4) is 0 Å². The van der Waals surface area contributed by atoms with Gasteiger partial charge in [0.15, 0.2) is 0 Å². The summed E-state index contributed by atoms with van der Waals surface area (Å²) in [6.07, 6.45) is 1.84. The summed E-state index contributed by atoms with van der Waals surface area (Å²) >= 11 is 0. The van der Waals surface area contributed by atoms with Crippen molar-refractivity contribution < 1.29 is 0 Å². The van der Waals surface area contributed by atoms with Crippen molar-refractivity contribution in [3.8, 4) is 0 Å². The molecule has 2 nitrogen and oxygen atoms in total. The number of hydrogen-bond donors (Lipinski definition) is 0. The Bertz CT molecular complexity index is 1820. The van der Waals surface area contributed by atoms with Crippen molar-refractivity contribution in [1.82, 2.24) is 0 Å². The van der Waals surface area contributed by atoms with Gasteiger partial charge in [-0.3, -0.25) is 0 Å². The second-order valence-electron chi connectivity index (χ2n) is 11.8. The normalized spacial score (nSPS) is 12.0. The van der Waals surface area contributed by atoms with E-state index >= 15 is 0 Å². The standard InChI is InChI=1S/C41H36N2/c1-29-8-17-36(18-9-29)42(37-19-10-30(2)11-20-37)38-23-14-32(15-24-38)26-33-16-25-41-35(27-33)28-34-6-4-5-7-40(34)43(41)39-21-12-31(3)13-22-39/h4-25,27H,26,28H2,1-3H3. The van der Waals surface area contributed by atoms with Gasteiger partial charge >= 0.3 is 0 Å². The van der Waals surface area contributed by atoms with Crippen LogP contribution in [0.15, 0.2) is 140 Å². The molecule has 0 aliphatic carbocycles. The van der Waals surface area contributed by atoms with E-state index in [1.165, 1.54) is 56.0 Å². The molecule has 0 radical (unpaired) electrons. The molecule has 0 N–H and O–H groups in total. The molecule has 0 bridgehead atoms. The van der Waals surface area contributed by atoms with Gasteiger partial charge in [-0.25, -0.2) is 0 Å². The molecule has 0 saturated carbocycles. The van der Waals surface area contributed by atoms with Gasteiger partial charge in [-0.15, -0.1) is 0 Å². The molecule has 0 spiro atoms. The molecule has 7 rings (SSSR count). The molecule has 0 saturated heterocycles. The highest BCUT2D eigenvalue weighted by Crippen LogP contribution is 2.44. The van der Waals surface area contributed by atoms with Crippen LogP contribution in [-0.4, -0.2) is 0 Å². The van der Waals surface area contributed by atoms with Gasteiger partial charge in [0, 0.05) is 40.5 Å². The molecule has 2 heteroatoms. The summed E-state index contributed by atoms with van der Waals surface area (Å²) < 4.78 is 0. The van der Waals surface area contributed by atoms with Gasteiger partial charge < -0.3 is 9.80 Å². The van der Waals surface area contributed by atoms with Crippen molar-refractivity contribution in [2.75, 3.05) is 9.80 Å². The summed E-state index contributed by atoms with van der Waals surface area (Å²) in [5.74, 6) is 0. The van der Waals surface area contributed by atoms with Gasteiger partial charge in [-0.2, -0.15) is 0 Å². The average molecular weight is 557 g/mol. The Morgan fingerprint density at radius 2 is 0.977 bits per heavy atom. The van der Waals surface area contributed by atoms with Crippen LogP contribution in [0.25, 0.3) is 0 Å². The van der Waals surface area contributed by atoms with Crippen LogP contribution in [0, 0.1) is 20.8 Å². The van der Waals surface area contributed by atoms with Crippen LogP contribution < -0.4 is 9.80 Å². The number of benzene rings is 6. The van der Waals surface area contributed by atoms with Crippen molar-refractivity contribution in [2.45, 2.75) is 33.6 Å². The Morgan fingerprint density at radius 1 is 0.488 bits per heavy atom. The van der Waals surface area contributed by atoms with Gasteiger partial charge in [-0.1, -0.05) is 95.6 Å². The molecule has 0 amide bonds. The maximum Gasteiger partial charge on any atom is 0.0497 e. The third-order valence-corrected chi connectivity index (χ3v) is 8.48. The number of fused-ring (bicyclic) bond motifs is 2. The highest BCUT2D eigenvalue weighted by molar-refractivity contribution is 5.84. The first kappa shape index (κ1) is 26.8. The first-order valence-electron chi connectivity index (χ1n) is 15.1. The third-order valence-electron chi connectivity index (χ3n) is 8.48. The van der Waals surface area contributed by atoms with E-state index in [-0.39, 0.29) is 0 Å². The SMILES string of the molecule is Cc1ccc(N(c2ccc(C)cc2)c2ccc(Cc3ccc4c(c3)Cc3ccccc3N4c3ccc(C)cc3)cc2)cc1. The van der Waals surface area contributed by atoms with Crippen LogP contribution in [-0.2, 0) is 12.8 Å². The van der Waals surface area contributed by atoms with E-state index in [4.69, 9.17) is 0 Å². The predicted octanol–water partition coefficient (Wildman–Crippen LogP) is 11.0. The van der Waals surface area contributed by atoms with Crippen molar-refractivity contribution >= 4 is 34.1 Å². The Balaban J connectivity index is 1.18. The summed E-state index contributed by atoms with van der Waals surface area (Å²) in [5.41, 5.74) is 16.4. The molecule has 0 unspecified atom stereocenters. The van der Waals surface area contributed by atoms with Gasteiger partial charge in [0.2, 0.25) is 0 Å². The van der Waals surface area contributed by atoms with Crippen LogP contribution in [0.2, 0.25) is 0 Å². The van der Waals surface area contributed by atoms with E-state index in [9.17, 15) is 0 Å². The van der Waals surface area contributed by atoms with Crippen LogP contribution in [0.1, 0.15) is 38.9 Å². The van der Waals surface area contributed by atoms with E-state index in [0.717, 1.165) is 29.9 Å². The van der Waals surface area contributed by atoms with Gasteiger partial charge in [0.25, 0.3) is 0 Å². The molecule has 0 aromatic heterocycles. The zero-order valence-corrected chi connectivity index (χ0v) is 25.1. The second-order valence-corrected chi connectivity index (χ2v) is 11.8. The molecule has 6 aromatic carbocycles. The lowest BCUT2D eigenvalue weighted by Gasteiger charge is -2.34. The predicted molar refractivity (Wildman–Crippen MR) is 182 cm³/mol. The Morgan fingerprint density at radius 3 is 1.58 bits per heavy atom. The highest BCUT2D eigenvalue weighted by Gasteiger charge is 2.24. The zero-order valence-electron chi connectivity index (χ0n) is 25.1. The lowest BCUT2D eigenvalue weighted by Crippen LogP contribution is -2.18. The fraction of sp³-hybridized carbons (Fsp3) is 0.122. The van der Waals surface area contributed by atoms with Gasteiger partial charge in [0.1, 0.15) is 0 Å². The summed E-state index contributed by atoms with van der Waals surface area (Å²) in [6, 6.07) is 51.3. The molecule has 0 atom stereocenters. The second kappa shape index (κ2) is 11.3. The lowest BCUT2D eigenvalue weighted by atomic mass is 9.92. The number of aryl methyl sites for hydroxylation is 3. The number of anilines is 6. The van der Waals surface area contributed by atoms with E-state index in [1.807, 2.05) is 0 Å². The monoisotopic (exact) mass is 556 g/mol. The van der Waals surface area contributed by atoms with Gasteiger partial charge in [-0.05, 0) is 110 Å². The summed E-state index contributed by atoms with van der Waals surface area (Å²) in [5, 5.41) is 0. The Labute approximate surface area is 255 Å². The quantitative estimate of drug-likeness (QED) is 0.201. The Kier molecular flexibility index (Phi) is 7.04. The first-order valence-corrected chi connectivity index (χ1v) is 15.1. The summed E-state index contributed by atoms with van der Waals surface area (Å²) in [7, 11) is 0. The first-order chi connectivity index (χ1) is 21.0. The van der Waals surface area contributed by atoms with Crippen LogP contribution in [0.5, 0.6) is 0 Å². The lowest BCUT2D eigenvalue weighted by molar-refractivity contribution is 1.07. The van der Waals surface area contributed by atoms with E-state index < -0.39 is 0 Å². The summed E-state index contributed by atoms with van der Waals surface area (Å²) in [6.45, 7) is 6.41. The molecule has 43 heavy (non-hydrogen) atoms. The molecule has 210 valence electrons. The van der Waals surface area contributed by atoms with Crippen molar-refractivity contribution in [3.63, 3.8) is 0 Å². The minimum absolute atomic E-state index is 0.898. The average Bonchev–Trinajstić information content (AvgIpc) is 3.03.